The highest BCUT2D eigenvalue weighted by atomic mass is 16.8. The van der Waals surface area contributed by atoms with Crippen LogP contribution in [-0.2, 0) is 33.2 Å². The van der Waals surface area contributed by atoms with Gasteiger partial charge in [0, 0.05) is 13.5 Å². The van der Waals surface area contributed by atoms with Crippen LogP contribution in [-0.4, -0.2) is 215 Å². The minimum absolute atomic E-state index is 0.180. The number of fused-ring (bicyclic) bond motifs is 1. The summed E-state index contributed by atoms with van der Waals surface area (Å²) in [7, 11) is 0. The predicted molar refractivity (Wildman–Crippen MR) is 146 cm³/mol. The van der Waals surface area contributed by atoms with Crippen molar-refractivity contribution in [2.45, 2.75) is 130 Å². The first-order valence-corrected chi connectivity index (χ1v) is 15.0. The van der Waals surface area contributed by atoms with Gasteiger partial charge in [0.2, 0.25) is 6.29 Å². The summed E-state index contributed by atoms with van der Waals surface area (Å²) in [6.45, 7) is -1.61. The summed E-state index contributed by atoms with van der Waals surface area (Å²) < 4.78 is 38.5. The van der Waals surface area contributed by atoms with Gasteiger partial charge in [0.15, 0.2) is 24.8 Å². The number of aliphatic hydroxyl groups excluding tert-OH is 13. The molecule has 0 aromatic rings. The van der Waals surface area contributed by atoms with Gasteiger partial charge < -0.3 is 99.5 Å². The summed E-state index contributed by atoms with van der Waals surface area (Å²) in [5.41, 5.74) is 0. The molecule has 0 amide bonds. The molecule has 13 N–H and O–H groups in total. The van der Waals surface area contributed by atoms with Crippen LogP contribution in [0, 0.1) is 0 Å². The molecule has 274 valence electrons. The van der Waals surface area contributed by atoms with Crippen molar-refractivity contribution in [3.05, 3.63) is 0 Å². The van der Waals surface area contributed by atoms with Gasteiger partial charge in [0.05, 0.1) is 25.9 Å². The van der Waals surface area contributed by atoms with Crippen molar-refractivity contribution >= 4 is 5.90 Å². The Bertz CT molecular complexity index is 1010. The number of aliphatic hydroxyl groups is 13. The fourth-order valence-electron chi connectivity index (χ4n) is 5.76. The highest BCUT2D eigenvalue weighted by Gasteiger charge is 2.54. The SMILES string of the molecule is CC1=NC2[C@@H](O1)OC(CO)[C@@H](O[C@H](O)C(O)[C@@H](O[C@H]1O[C@@H](CO)[C@@H](O)C(O)C1O[C@H]1O[C@@H](CO)[C@@H](O)C(O)C1O)[C@H](O)CCO)[C@@H]2O. The van der Waals surface area contributed by atoms with E-state index < -0.39 is 150 Å². The van der Waals surface area contributed by atoms with Crippen molar-refractivity contribution in [1.29, 1.82) is 0 Å². The monoisotopic (exact) mass is 691 g/mol. The first-order chi connectivity index (χ1) is 22.3. The third-order valence-corrected chi connectivity index (χ3v) is 8.42. The Morgan fingerprint density at radius 2 is 1.28 bits per heavy atom. The maximum atomic E-state index is 11.1. The van der Waals surface area contributed by atoms with Crippen molar-refractivity contribution < 1.29 is 99.5 Å². The van der Waals surface area contributed by atoms with E-state index in [-0.39, 0.29) is 5.90 Å². The standard InChI is InChI=1S/C26H45NO20/c1-7-27-12-15(35)21(11(6-31)44-24(12)41-7)45-23(40)19(39)20(8(32)2-3-28)46-26-22(17(37)14(34)10(5-30)43-26)47-25-18(38)16(36)13(33)9(4-29)42-25/h8-26,28-40H,2-6H2,1H3/t8-,9+,10+,11?,12?,13-,14-,15-,16?,17?,18?,19?,20+,21-,22?,23+,24+,25-,26-/m1/s1. The molecule has 4 aliphatic rings. The molecule has 47 heavy (non-hydrogen) atoms. The van der Waals surface area contributed by atoms with E-state index in [2.05, 4.69) is 4.99 Å². The number of ether oxygens (including phenoxy) is 7. The molecule has 21 heteroatoms. The van der Waals surface area contributed by atoms with E-state index in [9.17, 15) is 66.4 Å². The van der Waals surface area contributed by atoms with Gasteiger partial charge in [-0.15, -0.1) is 0 Å². The zero-order chi connectivity index (χ0) is 34.7. The molecule has 0 spiro atoms. The largest absolute Gasteiger partial charge is 0.450 e. The minimum atomic E-state index is -2.31. The smallest absolute Gasteiger partial charge is 0.227 e. The lowest BCUT2D eigenvalue weighted by molar-refractivity contribution is -0.380. The molecule has 0 radical (unpaired) electrons. The van der Waals surface area contributed by atoms with Crippen molar-refractivity contribution in [2.24, 2.45) is 4.99 Å². The highest BCUT2D eigenvalue weighted by molar-refractivity contribution is 5.75. The van der Waals surface area contributed by atoms with Gasteiger partial charge in [-0.25, -0.2) is 4.99 Å². The Balaban J connectivity index is 1.56. The summed E-state index contributed by atoms with van der Waals surface area (Å²) in [4.78, 5) is 4.09. The number of nitrogens with zero attached hydrogens (tertiary/aromatic N) is 1. The van der Waals surface area contributed by atoms with Gasteiger partial charge in [0.1, 0.15) is 85.4 Å². The molecule has 21 nitrogen and oxygen atoms in total. The average molecular weight is 692 g/mol. The maximum absolute atomic E-state index is 11.1. The lowest BCUT2D eigenvalue weighted by Gasteiger charge is -2.47. The molecule has 0 saturated carbocycles. The van der Waals surface area contributed by atoms with Gasteiger partial charge in [-0.2, -0.15) is 0 Å². The predicted octanol–water partition coefficient (Wildman–Crippen LogP) is -8.30. The summed E-state index contributed by atoms with van der Waals surface area (Å²) in [6.07, 6.45) is -32.5. The molecular weight excluding hydrogens is 646 g/mol. The van der Waals surface area contributed by atoms with Crippen LogP contribution < -0.4 is 0 Å². The Hall–Kier alpha value is -1.29. The van der Waals surface area contributed by atoms with Crippen LogP contribution in [0.5, 0.6) is 0 Å². The van der Waals surface area contributed by atoms with Crippen molar-refractivity contribution in [1.82, 2.24) is 0 Å². The molecule has 4 aliphatic heterocycles. The Kier molecular flexibility index (Phi) is 13.6. The van der Waals surface area contributed by atoms with Crippen molar-refractivity contribution in [3.8, 4) is 0 Å². The number of hydrogen-bond donors (Lipinski definition) is 13. The van der Waals surface area contributed by atoms with Gasteiger partial charge in [-0.05, 0) is 6.42 Å². The maximum Gasteiger partial charge on any atom is 0.227 e. The normalized spacial score (nSPS) is 45.0. The third kappa shape index (κ3) is 8.20. The van der Waals surface area contributed by atoms with Gasteiger partial charge in [0.25, 0.3) is 0 Å². The van der Waals surface area contributed by atoms with Gasteiger partial charge in [-0.3, -0.25) is 0 Å². The lowest BCUT2D eigenvalue weighted by atomic mass is 9.96. The summed E-state index contributed by atoms with van der Waals surface area (Å²) in [5, 5.41) is 134. The van der Waals surface area contributed by atoms with E-state index in [1.165, 1.54) is 6.92 Å². The van der Waals surface area contributed by atoms with Gasteiger partial charge >= 0.3 is 0 Å². The van der Waals surface area contributed by atoms with Crippen molar-refractivity contribution in [2.75, 3.05) is 26.4 Å². The van der Waals surface area contributed by atoms with Crippen LogP contribution >= 0.6 is 0 Å². The molecule has 3 saturated heterocycles. The fourth-order valence-corrected chi connectivity index (χ4v) is 5.76. The fraction of sp³-hybridized carbons (Fsp3) is 0.962. The second-order valence-electron chi connectivity index (χ2n) is 11.6. The Labute approximate surface area is 267 Å². The van der Waals surface area contributed by atoms with Crippen LogP contribution in [0.2, 0.25) is 0 Å². The van der Waals surface area contributed by atoms with E-state index >= 15 is 0 Å². The van der Waals surface area contributed by atoms with Crippen molar-refractivity contribution in [3.63, 3.8) is 0 Å². The molecule has 19 atom stereocenters. The van der Waals surface area contributed by atoms with Crippen LogP contribution in [0.15, 0.2) is 4.99 Å². The lowest BCUT2D eigenvalue weighted by Crippen LogP contribution is -2.65. The van der Waals surface area contributed by atoms with E-state index in [0.717, 1.165) is 0 Å². The highest BCUT2D eigenvalue weighted by Crippen LogP contribution is 2.33. The molecule has 0 aliphatic carbocycles. The van der Waals surface area contributed by atoms with E-state index in [0.29, 0.717) is 0 Å². The molecular formula is C26H45NO20. The Morgan fingerprint density at radius 1 is 0.681 bits per heavy atom. The molecule has 0 aromatic heterocycles. The number of aliphatic imine (C=N–C) groups is 1. The number of rotatable bonds is 14. The molecule has 0 bridgehead atoms. The molecule has 7 unspecified atom stereocenters. The zero-order valence-electron chi connectivity index (χ0n) is 25.1. The van der Waals surface area contributed by atoms with E-state index in [1.54, 1.807) is 0 Å². The number of hydrogen-bond acceptors (Lipinski definition) is 21. The first kappa shape index (κ1) is 38.5. The topological polar surface area (TPSA) is 340 Å². The quantitative estimate of drug-likeness (QED) is 0.0752. The molecule has 4 heterocycles. The average Bonchev–Trinajstić information content (AvgIpc) is 3.43. The van der Waals surface area contributed by atoms with E-state index in [1.807, 2.05) is 0 Å². The molecule has 3 fully saturated rings. The van der Waals surface area contributed by atoms with E-state index in [4.69, 9.17) is 33.2 Å². The summed E-state index contributed by atoms with van der Waals surface area (Å²) in [6, 6.07) is -1.02. The second kappa shape index (κ2) is 16.6. The second-order valence-corrected chi connectivity index (χ2v) is 11.6. The summed E-state index contributed by atoms with van der Waals surface area (Å²) >= 11 is 0. The minimum Gasteiger partial charge on any atom is -0.450 e. The van der Waals surface area contributed by atoms with Crippen LogP contribution in [0.4, 0.5) is 0 Å². The Morgan fingerprint density at radius 3 is 1.87 bits per heavy atom. The summed E-state index contributed by atoms with van der Waals surface area (Å²) in [5.74, 6) is 0.180. The van der Waals surface area contributed by atoms with Crippen LogP contribution in [0.3, 0.4) is 0 Å². The van der Waals surface area contributed by atoms with Gasteiger partial charge in [-0.1, -0.05) is 0 Å². The first-order valence-electron chi connectivity index (χ1n) is 15.0. The van der Waals surface area contributed by atoms with Crippen LogP contribution in [0.1, 0.15) is 13.3 Å². The third-order valence-electron chi connectivity index (χ3n) is 8.42. The van der Waals surface area contributed by atoms with Crippen LogP contribution in [0.25, 0.3) is 0 Å². The molecule has 4 rings (SSSR count). The zero-order valence-corrected chi connectivity index (χ0v) is 25.1. The molecule has 0 aromatic carbocycles.